The van der Waals surface area contributed by atoms with Crippen LogP contribution in [0, 0.1) is 13.8 Å². The minimum absolute atomic E-state index is 0.00504. The van der Waals surface area contributed by atoms with Crippen LogP contribution in [-0.2, 0) is 0 Å². The zero-order valence-electron chi connectivity index (χ0n) is 15.3. The van der Waals surface area contributed by atoms with E-state index in [4.69, 9.17) is 0 Å². The molecule has 1 unspecified atom stereocenters. The van der Waals surface area contributed by atoms with Gasteiger partial charge in [-0.15, -0.1) is 0 Å². The molecule has 136 valence electrons. The number of aromatic nitrogens is 1. The minimum atomic E-state index is -0.00504. The summed E-state index contributed by atoms with van der Waals surface area (Å²) in [6, 6.07) is 6.17. The summed E-state index contributed by atoms with van der Waals surface area (Å²) in [6.07, 6.45) is 4.30. The fourth-order valence-corrected chi connectivity index (χ4v) is 3.74. The molecule has 0 bridgehead atoms. The Kier molecular flexibility index (Phi) is 5.76. The SMILES string of the molecule is Cc1[nH]c2ccc(C(=O)NCCCCN3CCCC3CO)cc2c1C. The molecule has 1 aliphatic heterocycles. The van der Waals surface area contributed by atoms with Gasteiger partial charge >= 0.3 is 0 Å². The topological polar surface area (TPSA) is 68.4 Å². The number of likely N-dealkylation sites (tertiary alicyclic amines) is 1. The predicted molar refractivity (Wildman–Crippen MR) is 101 cm³/mol. The van der Waals surface area contributed by atoms with Crippen molar-refractivity contribution in [2.75, 3.05) is 26.2 Å². The molecule has 1 aliphatic rings. The van der Waals surface area contributed by atoms with E-state index in [-0.39, 0.29) is 12.5 Å². The number of nitrogens with one attached hydrogen (secondary N) is 2. The summed E-state index contributed by atoms with van der Waals surface area (Å²) < 4.78 is 0. The van der Waals surface area contributed by atoms with Gasteiger partial charge in [-0.25, -0.2) is 0 Å². The highest BCUT2D eigenvalue weighted by atomic mass is 16.3. The van der Waals surface area contributed by atoms with E-state index < -0.39 is 0 Å². The molecule has 0 radical (unpaired) electrons. The average Bonchev–Trinajstić information content (AvgIpc) is 3.18. The standard InChI is InChI=1S/C20H29N3O2/c1-14-15(2)22-19-8-7-16(12-18(14)19)20(25)21-9-3-4-10-23-11-5-6-17(23)13-24/h7-8,12,17,22,24H,3-6,9-11,13H2,1-2H3,(H,21,25). The second-order valence-corrected chi connectivity index (χ2v) is 7.11. The Morgan fingerprint density at radius 1 is 1.36 bits per heavy atom. The van der Waals surface area contributed by atoms with Crippen LogP contribution in [0.3, 0.4) is 0 Å². The Bertz CT molecular complexity index is 738. The first-order valence-electron chi connectivity index (χ1n) is 9.32. The van der Waals surface area contributed by atoms with E-state index in [1.807, 2.05) is 18.2 Å². The van der Waals surface area contributed by atoms with Crippen LogP contribution in [0.1, 0.15) is 47.3 Å². The number of H-pyrrole nitrogens is 1. The molecule has 1 aromatic heterocycles. The smallest absolute Gasteiger partial charge is 0.251 e. The molecule has 1 amide bonds. The molecule has 2 heterocycles. The number of benzene rings is 1. The maximum atomic E-state index is 12.4. The summed E-state index contributed by atoms with van der Waals surface area (Å²) >= 11 is 0. The van der Waals surface area contributed by atoms with E-state index >= 15 is 0 Å². The lowest BCUT2D eigenvalue weighted by Gasteiger charge is -2.22. The van der Waals surface area contributed by atoms with Gasteiger partial charge in [0.25, 0.3) is 5.91 Å². The number of rotatable bonds is 7. The number of aryl methyl sites for hydroxylation is 2. The van der Waals surface area contributed by atoms with Crippen molar-refractivity contribution >= 4 is 16.8 Å². The molecule has 1 aromatic carbocycles. The molecule has 5 nitrogen and oxygen atoms in total. The zero-order chi connectivity index (χ0) is 17.8. The number of aliphatic hydroxyl groups excluding tert-OH is 1. The fourth-order valence-electron chi connectivity index (χ4n) is 3.74. The van der Waals surface area contributed by atoms with E-state index in [9.17, 15) is 9.90 Å². The van der Waals surface area contributed by atoms with E-state index in [2.05, 4.69) is 29.0 Å². The molecule has 0 aliphatic carbocycles. The first-order valence-corrected chi connectivity index (χ1v) is 9.32. The van der Waals surface area contributed by atoms with Crippen molar-refractivity contribution in [1.82, 2.24) is 15.2 Å². The second kappa shape index (κ2) is 8.02. The number of carbonyl (C=O) groups is 1. The van der Waals surface area contributed by atoms with Crippen LogP contribution < -0.4 is 5.32 Å². The third kappa shape index (κ3) is 4.05. The maximum absolute atomic E-state index is 12.4. The van der Waals surface area contributed by atoms with Gasteiger partial charge < -0.3 is 15.4 Å². The molecule has 1 fully saturated rings. The van der Waals surface area contributed by atoms with E-state index in [0.717, 1.165) is 54.5 Å². The maximum Gasteiger partial charge on any atom is 0.251 e. The lowest BCUT2D eigenvalue weighted by atomic mass is 10.1. The van der Waals surface area contributed by atoms with Gasteiger partial charge in [-0.3, -0.25) is 9.69 Å². The summed E-state index contributed by atoms with van der Waals surface area (Å²) in [5.41, 5.74) is 4.15. The number of unbranched alkanes of at least 4 members (excludes halogenated alkanes) is 1. The highest BCUT2D eigenvalue weighted by molar-refractivity contribution is 5.99. The molecule has 5 heteroatoms. The van der Waals surface area contributed by atoms with Crippen molar-refractivity contribution in [2.24, 2.45) is 0 Å². The normalized spacial score (nSPS) is 18.1. The van der Waals surface area contributed by atoms with Gasteiger partial charge in [-0.2, -0.15) is 0 Å². The van der Waals surface area contributed by atoms with Crippen LogP contribution in [0.25, 0.3) is 10.9 Å². The highest BCUT2D eigenvalue weighted by Gasteiger charge is 2.22. The van der Waals surface area contributed by atoms with Crippen molar-refractivity contribution in [3.63, 3.8) is 0 Å². The van der Waals surface area contributed by atoms with E-state index in [0.29, 0.717) is 12.6 Å². The van der Waals surface area contributed by atoms with Gasteiger partial charge in [0.15, 0.2) is 0 Å². The van der Waals surface area contributed by atoms with Gasteiger partial charge in [0.1, 0.15) is 0 Å². The Labute approximate surface area is 149 Å². The number of aliphatic hydroxyl groups is 1. The number of hydrogen-bond donors (Lipinski definition) is 3. The lowest BCUT2D eigenvalue weighted by Crippen LogP contribution is -2.33. The molecular formula is C20H29N3O2. The van der Waals surface area contributed by atoms with Crippen LogP contribution >= 0.6 is 0 Å². The third-order valence-corrected chi connectivity index (χ3v) is 5.44. The Balaban J connectivity index is 1.45. The quantitative estimate of drug-likeness (QED) is 0.677. The minimum Gasteiger partial charge on any atom is -0.395 e. The molecule has 3 rings (SSSR count). The Hall–Kier alpha value is -1.85. The van der Waals surface area contributed by atoms with Gasteiger partial charge in [-0.1, -0.05) is 0 Å². The zero-order valence-corrected chi connectivity index (χ0v) is 15.3. The molecule has 1 saturated heterocycles. The van der Waals surface area contributed by atoms with Crippen LogP contribution in [-0.4, -0.2) is 53.2 Å². The lowest BCUT2D eigenvalue weighted by molar-refractivity contribution is 0.0952. The number of fused-ring (bicyclic) bond motifs is 1. The first kappa shape index (κ1) is 18.0. The largest absolute Gasteiger partial charge is 0.395 e. The van der Waals surface area contributed by atoms with Gasteiger partial charge in [0.2, 0.25) is 0 Å². The molecule has 1 atom stereocenters. The van der Waals surface area contributed by atoms with Crippen molar-refractivity contribution in [2.45, 2.75) is 45.6 Å². The molecule has 25 heavy (non-hydrogen) atoms. The monoisotopic (exact) mass is 343 g/mol. The molecule has 0 saturated carbocycles. The Morgan fingerprint density at radius 2 is 2.20 bits per heavy atom. The van der Waals surface area contributed by atoms with Gasteiger partial charge in [0.05, 0.1) is 6.61 Å². The van der Waals surface area contributed by atoms with Gasteiger partial charge in [0, 0.05) is 34.7 Å². The summed E-state index contributed by atoms with van der Waals surface area (Å²) in [5, 5.41) is 13.5. The van der Waals surface area contributed by atoms with E-state index in [1.165, 1.54) is 12.0 Å². The van der Waals surface area contributed by atoms with Crippen LogP contribution in [0.15, 0.2) is 18.2 Å². The van der Waals surface area contributed by atoms with Crippen molar-refractivity contribution in [1.29, 1.82) is 0 Å². The van der Waals surface area contributed by atoms with Crippen molar-refractivity contribution in [3.8, 4) is 0 Å². The summed E-state index contributed by atoms with van der Waals surface area (Å²) in [5.74, 6) is -0.00504. The molecular weight excluding hydrogens is 314 g/mol. The predicted octanol–water partition coefficient (Wildman–Crippen LogP) is 2.75. The van der Waals surface area contributed by atoms with Crippen molar-refractivity contribution in [3.05, 3.63) is 35.0 Å². The number of nitrogens with zero attached hydrogens (tertiary/aromatic N) is 1. The number of hydrogen-bond acceptors (Lipinski definition) is 3. The number of carbonyl (C=O) groups excluding carboxylic acids is 1. The highest BCUT2D eigenvalue weighted by Crippen LogP contribution is 2.22. The molecule has 2 aromatic rings. The average molecular weight is 343 g/mol. The summed E-state index contributed by atoms with van der Waals surface area (Å²) in [4.78, 5) is 18.1. The fraction of sp³-hybridized carbons (Fsp3) is 0.550. The summed E-state index contributed by atoms with van der Waals surface area (Å²) in [6.45, 7) is 7.18. The Morgan fingerprint density at radius 3 is 3.00 bits per heavy atom. The second-order valence-electron chi connectivity index (χ2n) is 7.11. The van der Waals surface area contributed by atoms with Crippen LogP contribution in [0.5, 0.6) is 0 Å². The van der Waals surface area contributed by atoms with Crippen molar-refractivity contribution < 1.29 is 9.90 Å². The summed E-state index contributed by atoms with van der Waals surface area (Å²) in [7, 11) is 0. The first-order chi connectivity index (χ1) is 12.1. The molecule has 0 spiro atoms. The van der Waals surface area contributed by atoms with Crippen LogP contribution in [0.2, 0.25) is 0 Å². The number of aromatic amines is 1. The van der Waals surface area contributed by atoms with Crippen LogP contribution in [0.4, 0.5) is 0 Å². The molecule has 3 N–H and O–H groups in total. The van der Waals surface area contributed by atoms with E-state index in [1.54, 1.807) is 0 Å². The third-order valence-electron chi connectivity index (χ3n) is 5.44. The number of amides is 1. The van der Waals surface area contributed by atoms with Gasteiger partial charge in [-0.05, 0) is 76.4 Å².